The molecule has 13 heavy (non-hydrogen) atoms. The molecule has 2 heteroatoms. The van der Waals surface area contributed by atoms with E-state index in [0.29, 0.717) is 11.7 Å². The minimum absolute atomic E-state index is 0.564. The first-order valence-electron chi connectivity index (χ1n) is 4.91. The molecule has 0 saturated heterocycles. The number of nitrogens with two attached hydrogens (primary N) is 1. The third-order valence-corrected chi connectivity index (χ3v) is 2.63. The van der Waals surface area contributed by atoms with Crippen molar-refractivity contribution < 1.29 is 0 Å². The summed E-state index contributed by atoms with van der Waals surface area (Å²) >= 11 is 0. The second-order valence-corrected chi connectivity index (χ2v) is 3.44. The number of nitrogen functional groups attached to an aromatic ring is 1. The molecule has 72 valence electrons. The average molecular weight is 178 g/mol. The van der Waals surface area contributed by atoms with Gasteiger partial charge in [-0.3, -0.25) is 0 Å². The molecule has 0 aliphatic heterocycles. The summed E-state index contributed by atoms with van der Waals surface area (Å²) in [6, 6.07) is 2.03. The molecule has 0 aromatic carbocycles. The molecular formula is C11H18N2. The third kappa shape index (κ3) is 2.00. The second-order valence-electron chi connectivity index (χ2n) is 3.44. The summed E-state index contributed by atoms with van der Waals surface area (Å²) in [6.07, 6.45) is 4.04. The van der Waals surface area contributed by atoms with Gasteiger partial charge in [-0.25, -0.2) is 4.98 Å². The van der Waals surface area contributed by atoms with Crippen molar-refractivity contribution in [3.05, 3.63) is 23.4 Å². The average Bonchev–Trinajstić information content (AvgIpc) is 2.11. The van der Waals surface area contributed by atoms with Crippen LogP contribution >= 0.6 is 0 Å². The number of pyridine rings is 1. The van der Waals surface area contributed by atoms with Crippen LogP contribution in [0.15, 0.2) is 12.3 Å². The maximum absolute atomic E-state index is 5.86. The smallest absolute Gasteiger partial charge is 0.127 e. The van der Waals surface area contributed by atoms with Crippen LogP contribution in [0.3, 0.4) is 0 Å². The summed E-state index contributed by atoms with van der Waals surface area (Å²) in [7, 11) is 0. The molecule has 0 amide bonds. The van der Waals surface area contributed by atoms with Crippen LogP contribution < -0.4 is 5.73 Å². The standard InChI is InChI=1S/C11H18N2/c1-4-9(5-2)10-8(3)6-7-13-11(10)12/h6-7,9H,4-5H2,1-3H3,(H2,12,13). The van der Waals surface area contributed by atoms with Crippen LogP contribution in [-0.4, -0.2) is 4.98 Å². The quantitative estimate of drug-likeness (QED) is 0.773. The Morgan fingerprint density at radius 2 is 2.00 bits per heavy atom. The predicted octanol–water partition coefficient (Wildman–Crippen LogP) is 2.88. The Labute approximate surface area is 80.2 Å². The highest BCUT2D eigenvalue weighted by Gasteiger charge is 2.13. The third-order valence-electron chi connectivity index (χ3n) is 2.63. The molecule has 0 atom stereocenters. The van der Waals surface area contributed by atoms with Gasteiger partial charge >= 0.3 is 0 Å². The van der Waals surface area contributed by atoms with Crippen LogP contribution in [0.2, 0.25) is 0 Å². The molecule has 0 fully saturated rings. The van der Waals surface area contributed by atoms with Crippen molar-refractivity contribution in [3.63, 3.8) is 0 Å². The topological polar surface area (TPSA) is 38.9 Å². The molecule has 2 N–H and O–H groups in total. The number of hydrogen-bond donors (Lipinski definition) is 1. The van der Waals surface area contributed by atoms with Crippen molar-refractivity contribution in [2.45, 2.75) is 39.5 Å². The molecule has 0 saturated carbocycles. The van der Waals surface area contributed by atoms with E-state index in [9.17, 15) is 0 Å². The summed E-state index contributed by atoms with van der Waals surface area (Å²) in [5, 5.41) is 0. The first kappa shape index (κ1) is 10.0. The molecule has 2 nitrogen and oxygen atoms in total. The van der Waals surface area contributed by atoms with E-state index in [0.717, 1.165) is 12.8 Å². The fourth-order valence-corrected chi connectivity index (χ4v) is 1.82. The Hall–Kier alpha value is -1.05. The van der Waals surface area contributed by atoms with Gasteiger partial charge < -0.3 is 5.73 Å². The Morgan fingerprint density at radius 1 is 1.38 bits per heavy atom. The number of hydrogen-bond acceptors (Lipinski definition) is 2. The lowest BCUT2D eigenvalue weighted by molar-refractivity contribution is 0.638. The molecule has 1 aromatic rings. The molecule has 1 heterocycles. The van der Waals surface area contributed by atoms with Crippen molar-refractivity contribution in [2.75, 3.05) is 5.73 Å². The second kappa shape index (κ2) is 4.26. The van der Waals surface area contributed by atoms with Crippen molar-refractivity contribution >= 4 is 5.82 Å². The highest BCUT2D eigenvalue weighted by Crippen LogP contribution is 2.29. The van der Waals surface area contributed by atoms with E-state index in [-0.39, 0.29) is 0 Å². The largest absolute Gasteiger partial charge is 0.383 e. The van der Waals surface area contributed by atoms with Gasteiger partial charge in [0, 0.05) is 11.8 Å². The maximum Gasteiger partial charge on any atom is 0.127 e. The lowest BCUT2D eigenvalue weighted by Crippen LogP contribution is -2.05. The number of anilines is 1. The van der Waals surface area contributed by atoms with Crippen molar-refractivity contribution in [2.24, 2.45) is 0 Å². The minimum atomic E-state index is 0.564. The van der Waals surface area contributed by atoms with Crippen LogP contribution in [0.1, 0.15) is 43.7 Å². The zero-order chi connectivity index (χ0) is 9.84. The molecule has 0 spiro atoms. The summed E-state index contributed by atoms with van der Waals surface area (Å²) in [6.45, 7) is 6.49. The number of nitrogens with zero attached hydrogens (tertiary/aromatic N) is 1. The first-order chi connectivity index (χ1) is 6.20. The zero-order valence-corrected chi connectivity index (χ0v) is 8.67. The van der Waals surface area contributed by atoms with Gasteiger partial charge in [-0.2, -0.15) is 0 Å². The van der Waals surface area contributed by atoms with E-state index in [1.54, 1.807) is 6.20 Å². The van der Waals surface area contributed by atoms with Gasteiger partial charge in [-0.15, -0.1) is 0 Å². The van der Waals surface area contributed by atoms with Gasteiger partial charge in [-0.1, -0.05) is 13.8 Å². The van der Waals surface area contributed by atoms with Crippen LogP contribution in [0.25, 0.3) is 0 Å². The van der Waals surface area contributed by atoms with Crippen LogP contribution in [0, 0.1) is 6.92 Å². The van der Waals surface area contributed by atoms with E-state index < -0.39 is 0 Å². The van der Waals surface area contributed by atoms with E-state index in [1.165, 1.54) is 11.1 Å². The fraction of sp³-hybridized carbons (Fsp3) is 0.545. The Morgan fingerprint density at radius 3 is 2.46 bits per heavy atom. The van der Waals surface area contributed by atoms with Crippen LogP contribution in [0.5, 0.6) is 0 Å². The molecule has 0 aliphatic carbocycles. The molecule has 0 radical (unpaired) electrons. The fourth-order valence-electron chi connectivity index (χ4n) is 1.82. The minimum Gasteiger partial charge on any atom is -0.383 e. The Balaban J connectivity index is 3.10. The van der Waals surface area contributed by atoms with E-state index in [1.807, 2.05) is 6.07 Å². The molecule has 1 rings (SSSR count). The SMILES string of the molecule is CCC(CC)c1c(C)ccnc1N. The lowest BCUT2D eigenvalue weighted by Gasteiger charge is -2.16. The maximum atomic E-state index is 5.86. The molecule has 1 aromatic heterocycles. The van der Waals surface area contributed by atoms with E-state index in [4.69, 9.17) is 5.73 Å². The number of aromatic nitrogens is 1. The van der Waals surface area contributed by atoms with Gasteiger partial charge in [-0.05, 0) is 37.3 Å². The van der Waals surface area contributed by atoms with Gasteiger partial charge in [0.1, 0.15) is 5.82 Å². The van der Waals surface area contributed by atoms with Gasteiger partial charge in [0.15, 0.2) is 0 Å². The predicted molar refractivity (Wildman–Crippen MR) is 56.7 cm³/mol. The summed E-state index contributed by atoms with van der Waals surface area (Å²) in [5.74, 6) is 1.27. The first-order valence-corrected chi connectivity index (χ1v) is 4.91. The summed E-state index contributed by atoms with van der Waals surface area (Å²) in [4.78, 5) is 4.13. The normalized spacial score (nSPS) is 10.8. The number of aryl methyl sites for hydroxylation is 1. The monoisotopic (exact) mass is 178 g/mol. The van der Waals surface area contributed by atoms with Gasteiger partial charge in [0.05, 0.1) is 0 Å². The van der Waals surface area contributed by atoms with E-state index in [2.05, 4.69) is 25.8 Å². The van der Waals surface area contributed by atoms with Crippen molar-refractivity contribution in [1.82, 2.24) is 4.98 Å². The van der Waals surface area contributed by atoms with Gasteiger partial charge in [0.25, 0.3) is 0 Å². The van der Waals surface area contributed by atoms with Crippen molar-refractivity contribution in [1.29, 1.82) is 0 Å². The molecular weight excluding hydrogens is 160 g/mol. The zero-order valence-electron chi connectivity index (χ0n) is 8.67. The van der Waals surface area contributed by atoms with Crippen molar-refractivity contribution in [3.8, 4) is 0 Å². The Bertz CT molecular complexity index is 257. The summed E-state index contributed by atoms with van der Waals surface area (Å²) < 4.78 is 0. The Kier molecular flexibility index (Phi) is 3.29. The lowest BCUT2D eigenvalue weighted by atomic mass is 9.91. The highest BCUT2D eigenvalue weighted by atomic mass is 14.8. The molecule has 0 unspecified atom stereocenters. The van der Waals surface area contributed by atoms with E-state index >= 15 is 0 Å². The number of rotatable bonds is 3. The highest BCUT2D eigenvalue weighted by molar-refractivity contribution is 5.46. The molecule has 0 bridgehead atoms. The van der Waals surface area contributed by atoms with Crippen LogP contribution in [-0.2, 0) is 0 Å². The van der Waals surface area contributed by atoms with Gasteiger partial charge in [0.2, 0.25) is 0 Å². The molecule has 0 aliphatic rings. The van der Waals surface area contributed by atoms with Crippen LogP contribution in [0.4, 0.5) is 5.82 Å². The summed E-state index contributed by atoms with van der Waals surface area (Å²) in [5.41, 5.74) is 8.37.